The van der Waals surface area contributed by atoms with Gasteiger partial charge in [0.2, 0.25) is 5.79 Å². The van der Waals surface area contributed by atoms with Crippen molar-refractivity contribution in [2.24, 2.45) is 4.99 Å². The number of amides is 1. The third kappa shape index (κ3) is 4.10. The predicted octanol–water partition coefficient (Wildman–Crippen LogP) is 2.53. The minimum atomic E-state index is -1.26. The van der Waals surface area contributed by atoms with E-state index in [4.69, 9.17) is 33.9 Å². The Labute approximate surface area is 173 Å². The number of carbonyl (C=O) groups excluding carboxylic acids is 1. The highest BCUT2D eigenvalue weighted by molar-refractivity contribution is 7.80. The van der Waals surface area contributed by atoms with Crippen LogP contribution in [0.15, 0.2) is 53.5 Å². The molecule has 0 saturated heterocycles. The van der Waals surface area contributed by atoms with Crippen LogP contribution in [0.5, 0.6) is 0 Å². The Morgan fingerprint density at radius 3 is 2.50 bits per heavy atom. The number of carbonyl (C=O) groups is 1. The molecule has 1 aliphatic heterocycles. The summed E-state index contributed by atoms with van der Waals surface area (Å²) < 4.78 is 10.1. The molecule has 2 aromatic rings. The van der Waals surface area contributed by atoms with Gasteiger partial charge in [0.1, 0.15) is 0 Å². The lowest BCUT2D eigenvalue weighted by atomic mass is 9.95. The summed E-state index contributed by atoms with van der Waals surface area (Å²) in [6, 6.07) is 15.2. The molecule has 0 aliphatic carbocycles. The molecule has 0 spiro atoms. The molecule has 144 valence electrons. The number of hydrogen-bond donors (Lipinski definition) is 3. The third-order valence-electron chi connectivity index (χ3n) is 4.07. The van der Waals surface area contributed by atoms with E-state index in [1.807, 2.05) is 48.5 Å². The smallest absolute Gasteiger partial charge is 0.265 e. The first-order valence-corrected chi connectivity index (χ1v) is 9.07. The first-order valence-electron chi connectivity index (χ1n) is 8.26. The van der Waals surface area contributed by atoms with Crippen molar-refractivity contribution in [1.29, 1.82) is 0 Å². The second-order valence-corrected chi connectivity index (χ2v) is 6.56. The maximum Gasteiger partial charge on any atom is 0.265 e. The molecule has 0 radical (unpaired) electrons. The Balaban J connectivity index is 2.07. The fourth-order valence-electron chi connectivity index (χ4n) is 2.85. The molecule has 2 aromatic carbocycles. The van der Waals surface area contributed by atoms with Crippen LogP contribution in [0.3, 0.4) is 0 Å². The van der Waals surface area contributed by atoms with Crippen molar-refractivity contribution in [3.63, 3.8) is 0 Å². The third-order valence-corrected chi connectivity index (χ3v) is 4.61. The molecule has 1 unspecified atom stereocenters. The fraction of sp³-hybridized carbons (Fsp3) is 0.158. The Hall–Kier alpha value is -3.04. The summed E-state index contributed by atoms with van der Waals surface area (Å²) in [4.78, 5) is 16.3. The van der Waals surface area contributed by atoms with Crippen LogP contribution in [-0.2, 0) is 20.1 Å². The number of nitrogens with zero attached hydrogens (tertiary/aromatic N) is 1. The number of aliphatic imine (C=N–C) groups is 1. The number of thiocarbonyl (C=S) groups is 2. The topological polar surface area (TPSA) is 84.0 Å². The largest absolute Gasteiger partial charge is 0.474 e. The van der Waals surface area contributed by atoms with Crippen LogP contribution in [-0.4, -0.2) is 36.7 Å². The van der Waals surface area contributed by atoms with E-state index in [0.29, 0.717) is 5.56 Å². The van der Waals surface area contributed by atoms with Crippen molar-refractivity contribution in [2.45, 2.75) is 5.79 Å². The van der Waals surface area contributed by atoms with Crippen molar-refractivity contribution < 1.29 is 14.3 Å². The fourth-order valence-corrected chi connectivity index (χ4v) is 3.11. The molecule has 3 N–H and O–H groups in total. The zero-order chi connectivity index (χ0) is 20.1. The van der Waals surface area contributed by atoms with Gasteiger partial charge in [0.15, 0.2) is 0 Å². The monoisotopic (exact) mass is 414 g/mol. The predicted molar refractivity (Wildman–Crippen MR) is 116 cm³/mol. The highest BCUT2D eigenvalue weighted by Gasteiger charge is 2.39. The Kier molecular flexibility index (Phi) is 5.86. The van der Waals surface area contributed by atoms with Gasteiger partial charge in [-0.2, -0.15) is 0 Å². The zero-order valence-electron chi connectivity index (χ0n) is 15.2. The summed E-state index contributed by atoms with van der Waals surface area (Å²) in [5.41, 5.74) is 3.22. The quantitative estimate of drug-likeness (QED) is 0.663. The summed E-state index contributed by atoms with van der Waals surface area (Å²) in [7, 11) is 2.95. The van der Waals surface area contributed by atoms with E-state index in [1.54, 1.807) is 0 Å². The van der Waals surface area contributed by atoms with E-state index < -0.39 is 5.79 Å². The van der Waals surface area contributed by atoms with Gasteiger partial charge in [0.25, 0.3) is 16.3 Å². The standard InChI is InChI=1S/C19H18N4O3S2/c1-25-17(27)21-13-7-5-6-12(10-13)14-8-3-4-9-15(14)19(23-18(28)26-2)20-11-16(24)22-19/h3-11H,1-2H3,(H,21,27)(H,22,24)(H,23,28). The van der Waals surface area contributed by atoms with Crippen LogP contribution in [0, 0.1) is 0 Å². The van der Waals surface area contributed by atoms with Gasteiger partial charge in [0, 0.05) is 11.3 Å². The molecular formula is C19H18N4O3S2. The van der Waals surface area contributed by atoms with Crippen LogP contribution >= 0.6 is 24.4 Å². The number of methoxy groups -OCH3 is 2. The van der Waals surface area contributed by atoms with E-state index in [1.165, 1.54) is 20.4 Å². The van der Waals surface area contributed by atoms with Gasteiger partial charge in [0.05, 0.1) is 20.4 Å². The van der Waals surface area contributed by atoms with Gasteiger partial charge in [-0.3, -0.25) is 4.79 Å². The highest BCUT2D eigenvalue weighted by Crippen LogP contribution is 2.34. The lowest BCUT2D eigenvalue weighted by Crippen LogP contribution is -2.53. The second-order valence-electron chi connectivity index (χ2n) is 5.82. The van der Waals surface area contributed by atoms with Crippen LogP contribution in [0.2, 0.25) is 0 Å². The Bertz CT molecular complexity index is 964. The molecule has 7 nitrogen and oxygen atoms in total. The maximum absolute atomic E-state index is 11.9. The highest BCUT2D eigenvalue weighted by atomic mass is 32.1. The molecule has 1 atom stereocenters. The van der Waals surface area contributed by atoms with Crippen molar-refractivity contribution in [2.75, 3.05) is 19.5 Å². The molecule has 0 saturated carbocycles. The van der Waals surface area contributed by atoms with Gasteiger partial charge in [-0.05, 0) is 47.7 Å². The maximum atomic E-state index is 11.9. The number of hydrogen-bond acceptors (Lipinski definition) is 6. The molecule has 0 fully saturated rings. The van der Waals surface area contributed by atoms with E-state index in [2.05, 4.69) is 20.9 Å². The average Bonchev–Trinajstić information content (AvgIpc) is 3.09. The molecule has 1 heterocycles. The Morgan fingerprint density at radius 1 is 1.07 bits per heavy atom. The van der Waals surface area contributed by atoms with Gasteiger partial charge < -0.3 is 25.4 Å². The van der Waals surface area contributed by atoms with E-state index in [-0.39, 0.29) is 16.3 Å². The number of benzene rings is 2. The van der Waals surface area contributed by atoms with E-state index >= 15 is 0 Å². The average molecular weight is 415 g/mol. The van der Waals surface area contributed by atoms with Gasteiger partial charge in [-0.1, -0.05) is 36.4 Å². The minimum Gasteiger partial charge on any atom is -0.474 e. The molecule has 0 aromatic heterocycles. The number of anilines is 1. The SMILES string of the molecule is COC(=S)Nc1cccc(-c2ccccc2C2(NC(=S)OC)N=CC(=O)N2)c1. The van der Waals surface area contributed by atoms with Crippen molar-refractivity contribution in [1.82, 2.24) is 10.6 Å². The molecule has 9 heteroatoms. The summed E-state index contributed by atoms with van der Waals surface area (Å²) >= 11 is 10.2. The van der Waals surface area contributed by atoms with Crippen molar-refractivity contribution >= 4 is 52.6 Å². The lowest BCUT2D eigenvalue weighted by molar-refractivity contribution is -0.115. The number of ether oxygens (including phenoxy) is 2. The number of nitrogens with one attached hydrogen (secondary N) is 3. The van der Waals surface area contributed by atoms with Crippen molar-refractivity contribution in [3.05, 3.63) is 54.1 Å². The van der Waals surface area contributed by atoms with Crippen LogP contribution in [0.25, 0.3) is 11.1 Å². The summed E-state index contributed by atoms with van der Waals surface area (Å²) in [5.74, 6) is -1.59. The van der Waals surface area contributed by atoms with Gasteiger partial charge >= 0.3 is 0 Å². The van der Waals surface area contributed by atoms with E-state index in [9.17, 15) is 4.79 Å². The first-order chi connectivity index (χ1) is 13.5. The normalized spacial score (nSPS) is 17.6. The zero-order valence-corrected chi connectivity index (χ0v) is 16.8. The van der Waals surface area contributed by atoms with Gasteiger partial charge in [-0.25, -0.2) is 4.99 Å². The first kappa shape index (κ1) is 19.7. The van der Waals surface area contributed by atoms with Gasteiger partial charge in [-0.15, -0.1) is 0 Å². The summed E-state index contributed by atoms with van der Waals surface area (Å²) in [5, 5.41) is 9.17. The molecule has 1 aliphatic rings. The molecule has 3 rings (SSSR count). The van der Waals surface area contributed by atoms with Crippen molar-refractivity contribution in [3.8, 4) is 11.1 Å². The minimum absolute atomic E-state index is 0.106. The summed E-state index contributed by atoms with van der Waals surface area (Å²) in [6.07, 6.45) is 1.22. The van der Waals surface area contributed by atoms with Crippen LogP contribution < -0.4 is 16.0 Å². The Morgan fingerprint density at radius 2 is 1.82 bits per heavy atom. The van der Waals surface area contributed by atoms with E-state index in [0.717, 1.165) is 16.8 Å². The molecule has 28 heavy (non-hydrogen) atoms. The molecule has 0 bridgehead atoms. The second kappa shape index (κ2) is 8.32. The molecule has 1 amide bonds. The molecular weight excluding hydrogens is 396 g/mol. The summed E-state index contributed by atoms with van der Waals surface area (Å²) in [6.45, 7) is 0. The lowest BCUT2D eigenvalue weighted by Gasteiger charge is -2.30. The van der Waals surface area contributed by atoms with Crippen LogP contribution in [0.1, 0.15) is 5.56 Å². The number of rotatable bonds is 4. The van der Waals surface area contributed by atoms with Crippen LogP contribution in [0.4, 0.5) is 5.69 Å².